The van der Waals surface area contributed by atoms with Crippen LogP contribution in [0.2, 0.25) is 0 Å². The molecule has 3 heterocycles. The van der Waals surface area contributed by atoms with Gasteiger partial charge in [-0.3, -0.25) is 19.7 Å². The van der Waals surface area contributed by atoms with Gasteiger partial charge in [-0.05, 0) is 6.07 Å². The highest BCUT2D eigenvalue weighted by Gasteiger charge is 2.67. The van der Waals surface area contributed by atoms with E-state index in [1.54, 1.807) is 12.2 Å². The number of carbonyl (C=O) groups is 2. The number of nitrogens with zero attached hydrogens (tertiary/aromatic N) is 2. The highest BCUT2D eigenvalue weighted by atomic mass is 16.6. The molecule has 8 nitrogen and oxygen atoms in total. The van der Waals surface area contributed by atoms with Gasteiger partial charge in [0, 0.05) is 12.1 Å². The lowest BCUT2D eigenvalue weighted by Gasteiger charge is -2.26. The van der Waals surface area contributed by atoms with Crippen molar-refractivity contribution in [2.24, 2.45) is 11.8 Å². The van der Waals surface area contributed by atoms with Gasteiger partial charge >= 0.3 is 0 Å². The van der Waals surface area contributed by atoms with Crippen molar-refractivity contribution in [3.63, 3.8) is 0 Å². The second-order valence-corrected chi connectivity index (χ2v) is 5.85. The Morgan fingerprint density at radius 3 is 2.83 bits per heavy atom. The summed E-state index contributed by atoms with van der Waals surface area (Å²) in [6, 6.07) is 5.39. The summed E-state index contributed by atoms with van der Waals surface area (Å²) >= 11 is 0. The number of fused-ring (bicyclic) bond motifs is 5. The van der Waals surface area contributed by atoms with Crippen molar-refractivity contribution in [1.82, 2.24) is 0 Å². The van der Waals surface area contributed by atoms with Crippen molar-refractivity contribution in [1.29, 1.82) is 0 Å². The Morgan fingerprint density at radius 1 is 1.35 bits per heavy atom. The highest BCUT2D eigenvalue weighted by Crippen LogP contribution is 2.52. The van der Waals surface area contributed by atoms with Crippen molar-refractivity contribution in [2.75, 3.05) is 11.5 Å². The molecule has 1 aromatic rings. The molecule has 0 aromatic heterocycles. The number of nitro groups is 1. The molecular weight excluding hydrogens is 304 g/mol. The van der Waals surface area contributed by atoms with Crippen LogP contribution in [0.4, 0.5) is 11.4 Å². The quantitative estimate of drug-likeness (QED) is 0.374. The van der Waals surface area contributed by atoms with Gasteiger partial charge in [0.1, 0.15) is 5.60 Å². The molecule has 4 atom stereocenters. The Labute approximate surface area is 130 Å². The molecule has 0 aliphatic carbocycles. The van der Waals surface area contributed by atoms with Gasteiger partial charge in [0.15, 0.2) is 0 Å². The molecule has 0 spiro atoms. The predicted octanol–water partition coefficient (Wildman–Crippen LogP) is 0.400. The van der Waals surface area contributed by atoms with Crippen molar-refractivity contribution in [3.8, 4) is 0 Å². The highest BCUT2D eigenvalue weighted by molar-refractivity contribution is 6.23. The Hall–Kier alpha value is -2.58. The lowest BCUT2D eigenvalue weighted by atomic mass is 9.77. The summed E-state index contributed by atoms with van der Waals surface area (Å²) in [5.41, 5.74) is -1.21. The molecule has 2 bridgehead atoms. The van der Waals surface area contributed by atoms with E-state index in [1.165, 1.54) is 24.3 Å². The average molecular weight is 316 g/mol. The summed E-state index contributed by atoms with van der Waals surface area (Å²) in [6.07, 6.45) is 2.76. The first-order chi connectivity index (χ1) is 11.0. The zero-order chi connectivity index (χ0) is 16.4. The van der Waals surface area contributed by atoms with Crippen LogP contribution in [0.1, 0.15) is 0 Å². The van der Waals surface area contributed by atoms with Crippen molar-refractivity contribution < 1.29 is 24.4 Å². The zero-order valence-corrected chi connectivity index (χ0v) is 11.8. The average Bonchev–Trinajstić information content (AvgIpc) is 3.18. The fraction of sp³-hybridized carbons (Fsp3) is 0.333. The number of benzene rings is 1. The fourth-order valence-electron chi connectivity index (χ4n) is 3.68. The van der Waals surface area contributed by atoms with Crippen molar-refractivity contribution >= 4 is 23.2 Å². The maximum absolute atomic E-state index is 12.7. The lowest BCUT2D eigenvalue weighted by molar-refractivity contribution is -0.384. The molecule has 0 saturated carbocycles. The van der Waals surface area contributed by atoms with Crippen LogP contribution in [0.5, 0.6) is 0 Å². The number of imide groups is 1. The molecule has 3 aliphatic rings. The summed E-state index contributed by atoms with van der Waals surface area (Å²) in [5, 5.41) is 20.5. The monoisotopic (exact) mass is 316 g/mol. The molecule has 2 amide bonds. The molecular formula is C15H12N2O6. The lowest BCUT2D eigenvalue weighted by Crippen LogP contribution is -2.43. The summed E-state index contributed by atoms with van der Waals surface area (Å²) in [6.45, 7) is -0.400. The Bertz CT molecular complexity index is 775. The van der Waals surface area contributed by atoms with Gasteiger partial charge in [0.25, 0.3) is 5.69 Å². The molecule has 1 N–H and O–H groups in total. The van der Waals surface area contributed by atoms with Gasteiger partial charge in [-0.25, -0.2) is 4.90 Å². The van der Waals surface area contributed by atoms with Gasteiger partial charge in [0.2, 0.25) is 11.8 Å². The number of amides is 2. The van der Waals surface area contributed by atoms with Crippen LogP contribution >= 0.6 is 0 Å². The van der Waals surface area contributed by atoms with Crippen LogP contribution in [0.25, 0.3) is 0 Å². The van der Waals surface area contributed by atoms with Gasteiger partial charge in [-0.2, -0.15) is 0 Å². The Morgan fingerprint density at radius 2 is 2.13 bits per heavy atom. The van der Waals surface area contributed by atoms with E-state index in [4.69, 9.17) is 4.74 Å². The molecule has 118 valence electrons. The summed E-state index contributed by atoms with van der Waals surface area (Å²) in [7, 11) is 0. The predicted molar refractivity (Wildman–Crippen MR) is 76.4 cm³/mol. The van der Waals surface area contributed by atoms with Crippen LogP contribution in [0, 0.1) is 22.0 Å². The van der Waals surface area contributed by atoms with E-state index in [-0.39, 0.29) is 11.4 Å². The van der Waals surface area contributed by atoms with E-state index in [0.717, 1.165) is 4.90 Å². The standard InChI is InChI=1S/C15H12N2O6/c18-7-15-5-4-10(23-15)11-12(15)14(20)16(13(11)19)8-2-1-3-9(6-8)17(21)22/h1-6,10-12,18H,7H2/t10-,11+,12-,15+/m0/s1. The number of non-ortho nitro benzene ring substituents is 1. The van der Waals surface area contributed by atoms with E-state index in [9.17, 15) is 24.8 Å². The van der Waals surface area contributed by atoms with Gasteiger partial charge < -0.3 is 9.84 Å². The summed E-state index contributed by atoms with van der Waals surface area (Å²) in [5.74, 6) is -2.44. The maximum atomic E-state index is 12.7. The molecule has 2 saturated heterocycles. The number of aliphatic hydroxyl groups is 1. The van der Waals surface area contributed by atoms with E-state index < -0.39 is 46.9 Å². The first-order valence-electron chi connectivity index (χ1n) is 7.09. The number of anilines is 1. The van der Waals surface area contributed by atoms with E-state index in [1.807, 2.05) is 0 Å². The molecule has 3 aliphatic heterocycles. The molecule has 1 aromatic carbocycles. The van der Waals surface area contributed by atoms with Gasteiger partial charge in [0.05, 0.1) is 35.2 Å². The zero-order valence-electron chi connectivity index (χ0n) is 11.8. The molecule has 0 radical (unpaired) electrons. The van der Waals surface area contributed by atoms with Crippen LogP contribution in [-0.4, -0.2) is 40.2 Å². The van der Waals surface area contributed by atoms with Gasteiger partial charge in [-0.1, -0.05) is 18.2 Å². The van der Waals surface area contributed by atoms with Crippen molar-refractivity contribution in [2.45, 2.75) is 11.7 Å². The Kier molecular flexibility index (Phi) is 2.72. The maximum Gasteiger partial charge on any atom is 0.271 e. The van der Waals surface area contributed by atoms with E-state index >= 15 is 0 Å². The first kappa shape index (κ1) is 14.0. The third-order valence-corrected chi connectivity index (χ3v) is 4.70. The molecule has 23 heavy (non-hydrogen) atoms. The summed E-state index contributed by atoms with van der Waals surface area (Å²) in [4.78, 5) is 36.7. The molecule has 2 fully saturated rings. The number of rotatable bonds is 3. The van der Waals surface area contributed by atoms with E-state index in [2.05, 4.69) is 0 Å². The minimum atomic E-state index is -1.17. The normalized spacial score (nSPS) is 34.3. The SMILES string of the molecule is O=C1[C@@H]2[C@@H]3C=C[C@](CO)(O3)[C@@H]2C(=O)N1c1cccc([N+](=O)[O-])c1. The fourth-order valence-corrected chi connectivity index (χ4v) is 3.68. The largest absolute Gasteiger partial charge is 0.393 e. The summed E-state index contributed by atoms with van der Waals surface area (Å²) < 4.78 is 5.63. The van der Waals surface area contributed by atoms with Crippen LogP contribution in [0.3, 0.4) is 0 Å². The third kappa shape index (κ3) is 1.67. The van der Waals surface area contributed by atoms with Crippen molar-refractivity contribution in [3.05, 3.63) is 46.5 Å². The third-order valence-electron chi connectivity index (χ3n) is 4.70. The van der Waals surface area contributed by atoms with Crippen LogP contribution < -0.4 is 4.90 Å². The number of hydrogen-bond donors (Lipinski definition) is 1. The number of ether oxygens (including phenoxy) is 1. The van der Waals surface area contributed by atoms with E-state index in [0.29, 0.717) is 0 Å². The number of nitro benzene ring substituents is 1. The van der Waals surface area contributed by atoms with Crippen LogP contribution in [0.15, 0.2) is 36.4 Å². The number of aliphatic hydroxyl groups excluding tert-OH is 1. The topological polar surface area (TPSA) is 110 Å². The molecule has 4 rings (SSSR count). The molecule has 8 heteroatoms. The second kappa shape index (κ2) is 4.46. The number of hydrogen-bond acceptors (Lipinski definition) is 6. The van der Waals surface area contributed by atoms with Gasteiger partial charge in [-0.15, -0.1) is 0 Å². The first-order valence-corrected chi connectivity index (χ1v) is 7.09. The van der Waals surface area contributed by atoms with Crippen LogP contribution in [-0.2, 0) is 14.3 Å². The molecule has 0 unspecified atom stereocenters. The minimum absolute atomic E-state index is 0.163. The smallest absolute Gasteiger partial charge is 0.271 e. The number of carbonyl (C=O) groups excluding carboxylic acids is 2. The minimum Gasteiger partial charge on any atom is -0.393 e. The Balaban J connectivity index is 1.76. The second-order valence-electron chi connectivity index (χ2n) is 5.85.